The highest BCUT2D eigenvalue weighted by Gasteiger charge is 2.27. The minimum absolute atomic E-state index is 0.234. The van der Waals surface area contributed by atoms with Crippen LogP contribution in [0, 0.1) is 0 Å². The molecule has 0 atom stereocenters. The van der Waals surface area contributed by atoms with Gasteiger partial charge in [-0.05, 0) is 0 Å². The van der Waals surface area contributed by atoms with Gasteiger partial charge in [0.2, 0.25) is 5.88 Å². The second-order valence-corrected chi connectivity index (χ2v) is 2.97. The summed E-state index contributed by atoms with van der Waals surface area (Å²) in [4.78, 5) is 10.9. The molecule has 8 heteroatoms. The molecule has 0 aromatic carbocycles. The summed E-state index contributed by atoms with van der Waals surface area (Å²) in [7, 11) is 1.11. The van der Waals surface area contributed by atoms with Gasteiger partial charge in [0.05, 0.1) is 20.1 Å². The van der Waals surface area contributed by atoms with Gasteiger partial charge < -0.3 is 9.84 Å². The van der Waals surface area contributed by atoms with E-state index in [0.29, 0.717) is 4.68 Å². The van der Waals surface area contributed by atoms with E-state index in [0.717, 1.165) is 13.2 Å². The van der Waals surface area contributed by atoms with E-state index in [1.165, 1.54) is 0 Å². The number of carbonyl (C=O) groups excluding carboxylic acids is 1. The zero-order valence-electron chi connectivity index (χ0n) is 8.28. The van der Waals surface area contributed by atoms with Crippen molar-refractivity contribution in [3.8, 4) is 5.88 Å². The van der Waals surface area contributed by atoms with Crippen LogP contribution in [0.4, 0.5) is 13.2 Å². The van der Waals surface area contributed by atoms with Crippen LogP contribution in [0.1, 0.15) is 16.9 Å². The molecule has 0 radical (unpaired) electrons. The number of nitrogens with zero attached hydrogens (tertiary/aromatic N) is 2. The Morgan fingerprint density at radius 1 is 1.62 bits per heavy atom. The highest BCUT2D eigenvalue weighted by molar-refractivity contribution is 5.87. The Hall–Kier alpha value is -1.73. The summed E-state index contributed by atoms with van der Waals surface area (Å²) in [6.45, 7) is -0.549. The molecule has 0 saturated heterocycles. The largest absolute Gasteiger partial charge is 0.493 e. The van der Waals surface area contributed by atoms with Crippen molar-refractivity contribution in [2.24, 2.45) is 0 Å². The van der Waals surface area contributed by atoms with Gasteiger partial charge in [0.25, 0.3) is 0 Å². The fourth-order valence-electron chi connectivity index (χ4n) is 1.01. The first-order valence-electron chi connectivity index (χ1n) is 4.25. The van der Waals surface area contributed by atoms with Crippen molar-refractivity contribution in [1.29, 1.82) is 0 Å². The number of esters is 1. The van der Waals surface area contributed by atoms with Gasteiger partial charge in [-0.2, -0.15) is 18.3 Å². The molecule has 0 aliphatic rings. The molecule has 0 aliphatic carbocycles. The predicted octanol–water partition coefficient (Wildman–Crippen LogP) is 1.33. The SMILES string of the molecule is COC(=O)c1cc(O)n(CCC(F)(F)F)n1. The lowest BCUT2D eigenvalue weighted by atomic mass is 10.4. The second kappa shape index (κ2) is 4.42. The normalized spacial score (nSPS) is 11.5. The van der Waals surface area contributed by atoms with Gasteiger partial charge in [-0.1, -0.05) is 0 Å². The van der Waals surface area contributed by atoms with Crippen molar-refractivity contribution >= 4 is 5.97 Å². The van der Waals surface area contributed by atoms with Gasteiger partial charge >= 0.3 is 12.1 Å². The Morgan fingerprint density at radius 3 is 2.75 bits per heavy atom. The monoisotopic (exact) mass is 238 g/mol. The number of methoxy groups -OCH3 is 1. The Kier molecular flexibility index (Phi) is 3.41. The van der Waals surface area contributed by atoms with Crippen molar-refractivity contribution in [3.63, 3.8) is 0 Å². The zero-order valence-corrected chi connectivity index (χ0v) is 8.28. The molecule has 0 aliphatic heterocycles. The Morgan fingerprint density at radius 2 is 2.25 bits per heavy atom. The Balaban J connectivity index is 2.75. The van der Waals surface area contributed by atoms with Gasteiger partial charge in [0.15, 0.2) is 5.69 Å². The summed E-state index contributed by atoms with van der Waals surface area (Å²) in [6.07, 6.45) is -5.48. The second-order valence-electron chi connectivity index (χ2n) is 2.97. The number of aromatic hydroxyl groups is 1. The van der Waals surface area contributed by atoms with Crippen LogP contribution in [0.3, 0.4) is 0 Å². The lowest BCUT2D eigenvalue weighted by Crippen LogP contribution is -2.13. The maximum atomic E-state index is 11.9. The van der Waals surface area contributed by atoms with Crippen molar-refractivity contribution in [3.05, 3.63) is 11.8 Å². The number of hydrogen-bond acceptors (Lipinski definition) is 4. The number of rotatable bonds is 3. The van der Waals surface area contributed by atoms with E-state index in [4.69, 9.17) is 0 Å². The first-order valence-corrected chi connectivity index (χ1v) is 4.25. The molecule has 1 heterocycles. The number of carbonyl (C=O) groups is 1. The highest BCUT2D eigenvalue weighted by atomic mass is 19.4. The van der Waals surface area contributed by atoms with E-state index in [2.05, 4.69) is 9.84 Å². The average Bonchev–Trinajstić information content (AvgIpc) is 2.54. The topological polar surface area (TPSA) is 64.3 Å². The van der Waals surface area contributed by atoms with E-state index in [-0.39, 0.29) is 5.69 Å². The molecule has 1 N–H and O–H groups in total. The van der Waals surface area contributed by atoms with E-state index in [1.54, 1.807) is 0 Å². The lowest BCUT2D eigenvalue weighted by Gasteiger charge is -2.06. The van der Waals surface area contributed by atoms with Crippen LogP contribution in [0.5, 0.6) is 5.88 Å². The minimum Gasteiger partial charge on any atom is -0.493 e. The van der Waals surface area contributed by atoms with E-state index >= 15 is 0 Å². The van der Waals surface area contributed by atoms with Gasteiger partial charge in [-0.15, -0.1) is 0 Å². The molecular weight excluding hydrogens is 229 g/mol. The molecule has 0 saturated carbocycles. The number of halogens is 3. The average molecular weight is 238 g/mol. The molecule has 0 amide bonds. The smallest absolute Gasteiger partial charge is 0.390 e. The van der Waals surface area contributed by atoms with Crippen LogP contribution in [0.15, 0.2) is 6.07 Å². The molecule has 90 valence electrons. The molecule has 0 fully saturated rings. The molecule has 1 aromatic heterocycles. The maximum Gasteiger partial charge on any atom is 0.390 e. The molecule has 1 aromatic rings. The van der Waals surface area contributed by atoms with Crippen molar-refractivity contribution in [2.45, 2.75) is 19.1 Å². The third-order valence-corrected chi connectivity index (χ3v) is 1.76. The van der Waals surface area contributed by atoms with Gasteiger partial charge in [0, 0.05) is 6.07 Å². The van der Waals surface area contributed by atoms with Crippen LogP contribution >= 0.6 is 0 Å². The van der Waals surface area contributed by atoms with Crippen LogP contribution in [-0.2, 0) is 11.3 Å². The maximum absolute atomic E-state index is 11.9. The Labute approximate surface area is 88.4 Å². The van der Waals surface area contributed by atoms with Crippen LogP contribution in [0.25, 0.3) is 0 Å². The third-order valence-electron chi connectivity index (χ3n) is 1.76. The number of hydrogen-bond donors (Lipinski definition) is 1. The lowest BCUT2D eigenvalue weighted by molar-refractivity contribution is -0.137. The van der Waals surface area contributed by atoms with Gasteiger partial charge in [-0.25, -0.2) is 9.48 Å². The first kappa shape index (κ1) is 12.3. The summed E-state index contributed by atoms with van der Waals surface area (Å²) in [5, 5.41) is 12.7. The van der Waals surface area contributed by atoms with Crippen LogP contribution in [0.2, 0.25) is 0 Å². The van der Waals surface area contributed by atoms with Crippen molar-refractivity contribution in [2.75, 3.05) is 7.11 Å². The number of aryl methyl sites for hydroxylation is 1. The number of aromatic nitrogens is 2. The Bertz CT molecular complexity index is 386. The third kappa shape index (κ3) is 3.14. The fraction of sp³-hybridized carbons (Fsp3) is 0.500. The molecule has 1 rings (SSSR count). The van der Waals surface area contributed by atoms with E-state index in [9.17, 15) is 23.1 Å². The molecule has 0 bridgehead atoms. The van der Waals surface area contributed by atoms with Gasteiger partial charge in [-0.3, -0.25) is 0 Å². The summed E-state index contributed by atoms with van der Waals surface area (Å²) >= 11 is 0. The predicted molar refractivity (Wildman–Crippen MR) is 45.9 cm³/mol. The first-order chi connectivity index (χ1) is 7.33. The molecule has 0 spiro atoms. The number of alkyl halides is 3. The molecule has 16 heavy (non-hydrogen) atoms. The fourth-order valence-corrected chi connectivity index (χ4v) is 1.01. The summed E-state index contributed by atoms with van der Waals surface area (Å²) in [6, 6.07) is 0.947. The zero-order chi connectivity index (χ0) is 12.3. The molecule has 5 nitrogen and oxygen atoms in total. The number of ether oxygens (including phenoxy) is 1. The quantitative estimate of drug-likeness (QED) is 0.807. The van der Waals surface area contributed by atoms with E-state index in [1.807, 2.05) is 0 Å². The summed E-state index contributed by atoms with van der Waals surface area (Å²) in [5.74, 6) is -1.33. The standard InChI is InChI=1S/C8H9F3N2O3/c1-16-7(15)5-4-6(14)13(12-5)3-2-8(9,10)11/h4,14H,2-3H2,1H3. The molecule has 0 unspecified atom stereocenters. The highest BCUT2D eigenvalue weighted by Crippen LogP contribution is 2.22. The van der Waals surface area contributed by atoms with E-state index < -0.39 is 31.0 Å². The summed E-state index contributed by atoms with van der Waals surface area (Å²) < 4.78 is 40.7. The van der Waals surface area contributed by atoms with Gasteiger partial charge in [0.1, 0.15) is 0 Å². The molecular formula is C8H9F3N2O3. The summed E-state index contributed by atoms with van der Waals surface area (Å²) in [5.41, 5.74) is -0.234. The van der Waals surface area contributed by atoms with Crippen LogP contribution < -0.4 is 0 Å². The van der Waals surface area contributed by atoms with Crippen molar-refractivity contribution in [1.82, 2.24) is 9.78 Å². The van der Waals surface area contributed by atoms with Crippen LogP contribution in [-0.4, -0.2) is 34.1 Å². The minimum atomic E-state index is -4.34. The van der Waals surface area contributed by atoms with Crippen molar-refractivity contribution < 1.29 is 27.8 Å².